The Morgan fingerprint density at radius 3 is 2.55 bits per heavy atom. The lowest BCUT2D eigenvalue weighted by molar-refractivity contribution is -0.918. The van der Waals surface area contributed by atoms with Crippen LogP contribution in [0.25, 0.3) is 0 Å². The van der Waals surface area contributed by atoms with E-state index in [-0.39, 0.29) is 11.9 Å². The maximum absolute atomic E-state index is 11.6. The maximum Gasteiger partial charge on any atom is 0.159 e. The third-order valence-electron chi connectivity index (χ3n) is 3.83. The third kappa shape index (κ3) is 4.07. The highest BCUT2D eigenvalue weighted by molar-refractivity contribution is 5.94. The molecule has 0 amide bonds. The van der Waals surface area contributed by atoms with Gasteiger partial charge in [-0.3, -0.25) is 4.79 Å². The molecule has 110 valence electrons. The topological polar surface area (TPSA) is 30.7 Å². The largest absolute Gasteiger partial charge is 0.490 e. The second kappa shape index (κ2) is 6.89. The zero-order valence-electron chi connectivity index (χ0n) is 12.9. The van der Waals surface area contributed by atoms with E-state index in [0.717, 1.165) is 17.9 Å². The Hall–Kier alpha value is -1.35. The van der Waals surface area contributed by atoms with Crippen LogP contribution >= 0.6 is 0 Å². The number of hydrogen-bond donors (Lipinski definition) is 1. The summed E-state index contributed by atoms with van der Waals surface area (Å²) in [5.74, 6) is 1.05. The third-order valence-corrected chi connectivity index (χ3v) is 3.83. The van der Waals surface area contributed by atoms with E-state index in [0.29, 0.717) is 0 Å². The van der Waals surface area contributed by atoms with E-state index in [9.17, 15) is 4.79 Å². The molecule has 1 aromatic rings. The first-order chi connectivity index (χ1) is 9.56. The number of ketones is 1. The van der Waals surface area contributed by atoms with E-state index < -0.39 is 0 Å². The van der Waals surface area contributed by atoms with Gasteiger partial charge in [0.25, 0.3) is 0 Å². The molecule has 1 saturated heterocycles. The van der Waals surface area contributed by atoms with Crippen molar-refractivity contribution in [2.24, 2.45) is 0 Å². The van der Waals surface area contributed by atoms with Crippen molar-refractivity contribution in [1.29, 1.82) is 0 Å². The smallest absolute Gasteiger partial charge is 0.159 e. The van der Waals surface area contributed by atoms with E-state index >= 15 is 0 Å². The van der Waals surface area contributed by atoms with Gasteiger partial charge in [0.15, 0.2) is 5.78 Å². The van der Waals surface area contributed by atoms with Gasteiger partial charge in [-0.25, -0.2) is 0 Å². The molecule has 0 bridgehead atoms. The number of quaternary nitrogens is 1. The second-order valence-corrected chi connectivity index (χ2v) is 6.03. The highest BCUT2D eigenvalue weighted by atomic mass is 16.5. The highest BCUT2D eigenvalue weighted by Crippen LogP contribution is 2.21. The van der Waals surface area contributed by atoms with Crippen molar-refractivity contribution in [3.8, 4) is 5.75 Å². The molecule has 0 saturated carbocycles. The molecule has 1 heterocycles. The fourth-order valence-corrected chi connectivity index (χ4v) is 2.80. The molecule has 0 unspecified atom stereocenters. The number of rotatable bonds is 5. The Labute approximate surface area is 121 Å². The van der Waals surface area contributed by atoms with Crippen LogP contribution in [0, 0.1) is 0 Å². The Morgan fingerprint density at radius 2 is 1.95 bits per heavy atom. The number of benzene rings is 1. The summed E-state index contributed by atoms with van der Waals surface area (Å²) in [6.07, 6.45) is 4.13. The molecule has 0 radical (unpaired) electrons. The minimum Gasteiger partial charge on any atom is -0.490 e. The summed E-state index contributed by atoms with van der Waals surface area (Å²) < 4.78 is 5.90. The van der Waals surface area contributed by atoms with Gasteiger partial charge in [-0.15, -0.1) is 0 Å². The van der Waals surface area contributed by atoms with Crippen molar-refractivity contribution in [1.82, 2.24) is 0 Å². The first-order valence-electron chi connectivity index (χ1n) is 7.70. The Morgan fingerprint density at radius 1 is 1.25 bits per heavy atom. The summed E-state index contributed by atoms with van der Waals surface area (Å²) in [5.41, 5.74) is 1.95. The summed E-state index contributed by atoms with van der Waals surface area (Å²) in [4.78, 5) is 13.2. The molecule has 0 aromatic heterocycles. The molecule has 3 nitrogen and oxygen atoms in total. The number of carbonyl (C=O) groups excluding carboxylic acids is 1. The molecule has 1 fully saturated rings. The molecule has 3 heteroatoms. The molecule has 2 rings (SSSR count). The number of Topliss-reactive ketones (excluding diaryl/α,β-unsaturated/α-hetero) is 1. The minimum atomic E-state index is 0.121. The summed E-state index contributed by atoms with van der Waals surface area (Å²) in [5, 5.41) is 0. The summed E-state index contributed by atoms with van der Waals surface area (Å²) in [6.45, 7) is 9.11. The van der Waals surface area contributed by atoms with Crippen molar-refractivity contribution in [3.05, 3.63) is 29.3 Å². The van der Waals surface area contributed by atoms with Crippen LogP contribution in [0.1, 0.15) is 56.0 Å². The number of piperidine rings is 1. The predicted molar refractivity (Wildman–Crippen MR) is 80.5 cm³/mol. The van der Waals surface area contributed by atoms with E-state index in [1.54, 1.807) is 11.8 Å². The summed E-state index contributed by atoms with van der Waals surface area (Å²) in [6, 6.07) is 5.84. The van der Waals surface area contributed by atoms with Crippen LogP contribution in [0.5, 0.6) is 5.75 Å². The van der Waals surface area contributed by atoms with Crippen LogP contribution in [-0.2, 0) is 6.54 Å². The maximum atomic E-state index is 11.6. The number of nitrogens with one attached hydrogen (secondary N) is 1. The van der Waals surface area contributed by atoms with Crippen LogP contribution in [0.3, 0.4) is 0 Å². The summed E-state index contributed by atoms with van der Waals surface area (Å²) in [7, 11) is 0. The lowest BCUT2D eigenvalue weighted by Crippen LogP contribution is -3.11. The molecular formula is C17H26NO2+. The van der Waals surface area contributed by atoms with Crippen molar-refractivity contribution in [3.63, 3.8) is 0 Å². The van der Waals surface area contributed by atoms with Gasteiger partial charge in [-0.1, -0.05) is 0 Å². The van der Waals surface area contributed by atoms with Crippen LogP contribution in [0.2, 0.25) is 0 Å². The number of likely N-dealkylation sites (tertiary alicyclic amines) is 1. The van der Waals surface area contributed by atoms with Crippen molar-refractivity contribution >= 4 is 5.78 Å². The van der Waals surface area contributed by atoms with Gasteiger partial charge in [0.05, 0.1) is 19.2 Å². The first-order valence-corrected chi connectivity index (χ1v) is 7.70. The zero-order chi connectivity index (χ0) is 14.5. The van der Waals surface area contributed by atoms with Crippen LogP contribution < -0.4 is 9.64 Å². The van der Waals surface area contributed by atoms with E-state index in [4.69, 9.17) is 4.74 Å². The first kappa shape index (κ1) is 15.0. The normalized spacial score (nSPS) is 16.4. The zero-order valence-corrected chi connectivity index (χ0v) is 12.9. The molecule has 1 aliphatic rings. The summed E-state index contributed by atoms with van der Waals surface area (Å²) >= 11 is 0. The Bertz CT molecular complexity index is 462. The van der Waals surface area contributed by atoms with E-state index in [2.05, 4.69) is 0 Å². The molecule has 1 N–H and O–H groups in total. The van der Waals surface area contributed by atoms with E-state index in [1.165, 1.54) is 37.9 Å². The predicted octanol–water partition coefficient (Wildman–Crippen LogP) is 2.25. The Balaban J connectivity index is 2.20. The molecule has 0 aliphatic carbocycles. The van der Waals surface area contributed by atoms with Gasteiger partial charge in [-0.05, 0) is 58.2 Å². The standard InChI is InChI=1S/C17H25NO2/c1-13(2)20-17-8-7-15(14(3)19)11-16(17)12-18-9-5-4-6-10-18/h7-8,11,13H,4-6,9-10,12H2,1-3H3/p+1. The van der Waals surface area contributed by atoms with Gasteiger partial charge >= 0.3 is 0 Å². The van der Waals surface area contributed by atoms with Crippen LogP contribution in [-0.4, -0.2) is 25.0 Å². The quantitative estimate of drug-likeness (QED) is 0.836. The van der Waals surface area contributed by atoms with Crippen molar-refractivity contribution in [2.75, 3.05) is 13.1 Å². The average molecular weight is 276 g/mol. The minimum absolute atomic E-state index is 0.121. The molecule has 0 spiro atoms. The van der Waals surface area contributed by atoms with Gasteiger partial charge in [0.1, 0.15) is 12.3 Å². The average Bonchev–Trinajstić information content (AvgIpc) is 2.41. The molecule has 1 aromatic carbocycles. The van der Waals surface area contributed by atoms with Crippen LogP contribution in [0.4, 0.5) is 0 Å². The van der Waals surface area contributed by atoms with Gasteiger partial charge in [0, 0.05) is 11.1 Å². The SMILES string of the molecule is CC(=O)c1ccc(OC(C)C)c(C[NH+]2CCCCC2)c1. The van der Waals surface area contributed by atoms with Gasteiger partial charge in [-0.2, -0.15) is 0 Å². The molecule has 20 heavy (non-hydrogen) atoms. The van der Waals surface area contributed by atoms with Gasteiger partial charge in [0.2, 0.25) is 0 Å². The molecule has 1 aliphatic heterocycles. The Kier molecular flexibility index (Phi) is 5.18. The second-order valence-electron chi connectivity index (χ2n) is 6.03. The lowest BCUT2D eigenvalue weighted by Gasteiger charge is -2.25. The molecular weight excluding hydrogens is 250 g/mol. The van der Waals surface area contributed by atoms with E-state index in [1.807, 2.05) is 32.0 Å². The lowest BCUT2D eigenvalue weighted by atomic mass is 10.0. The number of ether oxygens (including phenoxy) is 1. The van der Waals surface area contributed by atoms with Crippen molar-refractivity contribution in [2.45, 2.75) is 52.7 Å². The number of hydrogen-bond acceptors (Lipinski definition) is 2. The fraction of sp³-hybridized carbons (Fsp3) is 0.588. The molecule has 0 atom stereocenters. The van der Waals surface area contributed by atoms with Crippen molar-refractivity contribution < 1.29 is 14.4 Å². The highest BCUT2D eigenvalue weighted by Gasteiger charge is 2.18. The van der Waals surface area contributed by atoms with Crippen LogP contribution in [0.15, 0.2) is 18.2 Å². The fourth-order valence-electron chi connectivity index (χ4n) is 2.80. The monoisotopic (exact) mass is 276 g/mol. The number of carbonyl (C=O) groups is 1. The van der Waals surface area contributed by atoms with Gasteiger partial charge < -0.3 is 9.64 Å².